The molecule has 0 spiro atoms. The van der Waals surface area contributed by atoms with Crippen LogP contribution in [0.5, 0.6) is 0 Å². The van der Waals surface area contributed by atoms with Gasteiger partial charge in [-0.1, -0.05) is 46.0 Å². The van der Waals surface area contributed by atoms with E-state index in [1.54, 1.807) is 0 Å². The molecule has 0 aliphatic rings. The zero-order chi connectivity index (χ0) is 11.5. The maximum absolute atomic E-state index is 5.66. The molecule has 2 atom stereocenters. The second kappa shape index (κ2) is 10.4. The Morgan fingerprint density at radius 2 is 1.33 bits per heavy atom. The van der Waals surface area contributed by atoms with Gasteiger partial charge in [-0.15, -0.1) is 0 Å². The Bertz CT molecular complexity index is 126. The SMILES string of the molecule is CCC(CCN)C(CC)CCCCCN. The van der Waals surface area contributed by atoms with Crippen molar-refractivity contribution < 1.29 is 0 Å². The Morgan fingerprint density at radius 3 is 1.80 bits per heavy atom. The highest BCUT2D eigenvalue weighted by atomic mass is 14.5. The number of unbranched alkanes of at least 4 members (excludes halogenated alkanes) is 2. The largest absolute Gasteiger partial charge is 0.330 e. The molecule has 0 radical (unpaired) electrons. The summed E-state index contributed by atoms with van der Waals surface area (Å²) in [6.45, 7) is 6.30. The Kier molecular flexibility index (Phi) is 10.4. The molecule has 0 fully saturated rings. The Hall–Kier alpha value is -0.0800. The van der Waals surface area contributed by atoms with Crippen LogP contribution in [0.2, 0.25) is 0 Å². The first-order valence-corrected chi connectivity index (χ1v) is 6.70. The number of hydrogen-bond acceptors (Lipinski definition) is 2. The highest BCUT2D eigenvalue weighted by Crippen LogP contribution is 2.27. The lowest BCUT2D eigenvalue weighted by molar-refractivity contribution is 0.274. The summed E-state index contributed by atoms with van der Waals surface area (Å²) in [5.41, 5.74) is 11.2. The molecule has 0 bridgehead atoms. The van der Waals surface area contributed by atoms with Gasteiger partial charge < -0.3 is 11.5 Å². The van der Waals surface area contributed by atoms with Crippen molar-refractivity contribution >= 4 is 0 Å². The Balaban J connectivity index is 3.76. The molecule has 0 heterocycles. The van der Waals surface area contributed by atoms with E-state index >= 15 is 0 Å². The summed E-state index contributed by atoms with van der Waals surface area (Å²) in [7, 11) is 0. The molecule has 0 aromatic heterocycles. The fourth-order valence-corrected chi connectivity index (χ4v) is 2.49. The summed E-state index contributed by atoms with van der Waals surface area (Å²) < 4.78 is 0. The molecule has 0 saturated carbocycles. The van der Waals surface area contributed by atoms with E-state index in [1.165, 1.54) is 44.9 Å². The van der Waals surface area contributed by atoms with Crippen LogP contribution in [-0.2, 0) is 0 Å². The van der Waals surface area contributed by atoms with Gasteiger partial charge in [-0.25, -0.2) is 0 Å². The summed E-state index contributed by atoms with van der Waals surface area (Å²) in [6, 6.07) is 0. The van der Waals surface area contributed by atoms with Gasteiger partial charge in [0.2, 0.25) is 0 Å². The molecule has 0 aromatic carbocycles. The third-order valence-corrected chi connectivity index (χ3v) is 3.53. The van der Waals surface area contributed by atoms with Crippen molar-refractivity contribution in [3.8, 4) is 0 Å². The maximum Gasteiger partial charge on any atom is -0.00745 e. The second-order valence-electron chi connectivity index (χ2n) is 4.55. The average molecular weight is 214 g/mol. The van der Waals surface area contributed by atoms with Gasteiger partial charge in [0.05, 0.1) is 0 Å². The van der Waals surface area contributed by atoms with E-state index in [-0.39, 0.29) is 0 Å². The molecule has 2 heteroatoms. The van der Waals surface area contributed by atoms with Gasteiger partial charge in [-0.3, -0.25) is 0 Å². The van der Waals surface area contributed by atoms with Crippen LogP contribution in [0.15, 0.2) is 0 Å². The molecule has 0 aromatic rings. The van der Waals surface area contributed by atoms with Crippen molar-refractivity contribution in [1.82, 2.24) is 0 Å². The molecule has 92 valence electrons. The van der Waals surface area contributed by atoms with Gasteiger partial charge in [0.25, 0.3) is 0 Å². The van der Waals surface area contributed by atoms with E-state index in [0.29, 0.717) is 0 Å². The minimum atomic E-state index is 0.844. The van der Waals surface area contributed by atoms with Crippen molar-refractivity contribution in [1.29, 1.82) is 0 Å². The quantitative estimate of drug-likeness (QED) is 0.549. The predicted molar refractivity (Wildman–Crippen MR) is 68.8 cm³/mol. The number of hydrogen-bond donors (Lipinski definition) is 2. The van der Waals surface area contributed by atoms with Crippen LogP contribution >= 0.6 is 0 Å². The first-order valence-electron chi connectivity index (χ1n) is 6.70. The molecular weight excluding hydrogens is 184 g/mol. The molecule has 0 saturated heterocycles. The van der Waals surface area contributed by atoms with Gasteiger partial charge in [0.15, 0.2) is 0 Å². The van der Waals surface area contributed by atoms with Crippen LogP contribution in [0.25, 0.3) is 0 Å². The summed E-state index contributed by atoms with van der Waals surface area (Å²) in [5, 5.41) is 0. The van der Waals surface area contributed by atoms with E-state index in [1.807, 2.05) is 0 Å². The van der Waals surface area contributed by atoms with E-state index in [2.05, 4.69) is 13.8 Å². The lowest BCUT2D eigenvalue weighted by Crippen LogP contribution is -2.17. The number of nitrogens with two attached hydrogens (primary N) is 2. The van der Waals surface area contributed by atoms with E-state index in [0.717, 1.165) is 24.9 Å². The van der Waals surface area contributed by atoms with E-state index in [4.69, 9.17) is 11.5 Å². The van der Waals surface area contributed by atoms with Gasteiger partial charge in [0.1, 0.15) is 0 Å². The first-order chi connectivity index (χ1) is 7.29. The van der Waals surface area contributed by atoms with Crippen molar-refractivity contribution in [3.63, 3.8) is 0 Å². The highest BCUT2D eigenvalue weighted by Gasteiger charge is 2.16. The summed E-state index contributed by atoms with van der Waals surface area (Å²) in [4.78, 5) is 0. The molecular formula is C13H30N2. The first kappa shape index (κ1) is 14.9. The van der Waals surface area contributed by atoms with Crippen LogP contribution in [0.3, 0.4) is 0 Å². The van der Waals surface area contributed by atoms with Crippen LogP contribution in [0, 0.1) is 11.8 Å². The fourth-order valence-electron chi connectivity index (χ4n) is 2.49. The number of rotatable bonds is 10. The molecule has 0 rings (SSSR count). The predicted octanol–water partition coefficient (Wildman–Crippen LogP) is 2.91. The van der Waals surface area contributed by atoms with Gasteiger partial charge in [-0.2, -0.15) is 0 Å². The molecule has 4 N–H and O–H groups in total. The third-order valence-electron chi connectivity index (χ3n) is 3.53. The normalized spacial score (nSPS) is 15.2. The Labute approximate surface area is 95.8 Å². The fraction of sp³-hybridized carbons (Fsp3) is 1.00. The summed E-state index contributed by atoms with van der Waals surface area (Å²) in [5.74, 6) is 1.73. The van der Waals surface area contributed by atoms with E-state index in [9.17, 15) is 0 Å². The lowest BCUT2D eigenvalue weighted by Gasteiger charge is -2.24. The standard InChI is InChI=1S/C13H30N2/c1-3-12(8-6-5-7-10-14)13(4-2)9-11-15/h12-13H,3-11,14-15H2,1-2H3. The smallest absolute Gasteiger partial charge is 0.00745 e. The molecule has 2 nitrogen and oxygen atoms in total. The van der Waals surface area contributed by atoms with Crippen molar-refractivity contribution in [2.75, 3.05) is 13.1 Å². The van der Waals surface area contributed by atoms with Crippen molar-refractivity contribution in [3.05, 3.63) is 0 Å². The lowest BCUT2D eigenvalue weighted by atomic mass is 9.82. The highest BCUT2D eigenvalue weighted by molar-refractivity contribution is 4.68. The average Bonchev–Trinajstić information content (AvgIpc) is 2.27. The van der Waals surface area contributed by atoms with Gasteiger partial charge in [-0.05, 0) is 37.8 Å². The van der Waals surface area contributed by atoms with Crippen LogP contribution < -0.4 is 11.5 Å². The minimum absolute atomic E-state index is 0.844. The van der Waals surface area contributed by atoms with E-state index < -0.39 is 0 Å². The van der Waals surface area contributed by atoms with Crippen LogP contribution in [0.1, 0.15) is 58.8 Å². The third kappa shape index (κ3) is 6.91. The molecule has 0 aliphatic carbocycles. The van der Waals surface area contributed by atoms with Gasteiger partial charge in [0, 0.05) is 0 Å². The zero-order valence-electron chi connectivity index (χ0n) is 10.7. The minimum Gasteiger partial charge on any atom is -0.330 e. The molecule has 0 aliphatic heterocycles. The molecule has 2 unspecified atom stereocenters. The summed E-state index contributed by atoms with van der Waals surface area (Å²) in [6.07, 6.45) is 8.99. The zero-order valence-corrected chi connectivity index (χ0v) is 10.7. The van der Waals surface area contributed by atoms with Crippen LogP contribution in [0.4, 0.5) is 0 Å². The second-order valence-corrected chi connectivity index (χ2v) is 4.55. The Morgan fingerprint density at radius 1 is 0.733 bits per heavy atom. The molecule has 15 heavy (non-hydrogen) atoms. The van der Waals surface area contributed by atoms with Crippen molar-refractivity contribution in [2.24, 2.45) is 23.3 Å². The molecule has 0 amide bonds. The van der Waals surface area contributed by atoms with Crippen LogP contribution in [-0.4, -0.2) is 13.1 Å². The van der Waals surface area contributed by atoms with Crippen molar-refractivity contribution in [2.45, 2.75) is 58.8 Å². The monoisotopic (exact) mass is 214 g/mol. The maximum atomic E-state index is 5.66. The van der Waals surface area contributed by atoms with Gasteiger partial charge >= 0.3 is 0 Å². The summed E-state index contributed by atoms with van der Waals surface area (Å²) >= 11 is 0. The topological polar surface area (TPSA) is 52.0 Å².